The quantitative estimate of drug-likeness (QED) is 0.174. The van der Waals surface area contributed by atoms with Gasteiger partial charge in [0.2, 0.25) is 0 Å². The first-order valence-corrected chi connectivity index (χ1v) is 20.4. The van der Waals surface area contributed by atoms with Gasteiger partial charge in [0.05, 0.1) is 16.6 Å². The van der Waals surface area contributed by atoms with Crippen LogP contribution in [0.15, 0.2) is 203 Å². The molecule has 61 heavy (non-hydrogen) atoms. The van der Waals surface area contributed by atoms with Gasteiger partial charge in [-0.3, -0.25) is 0 Å². The third-order valence-corrected chi connectivity index (χ3v) is 12.0. The van der Waals surface area contributed by atoms with Crippen molar-refractivity contribution in [1.82, 2.24) is 19.5 Å². The van der Waals surface area contributed by atoms with E-state index in [1.165, 1.54) is 32.7 Å². The summed E-state index contributed by atoms with van der Waals surface area (Å²) in [5, 5.41) is 9.03. The van der Waals surface area contributed by atoms with Crippen molar-refractivity contribution in [2.45, 2.75) is 0 Å². The van der Waals surface area contributed by atoms with Crippen LogP contribution < -0.4 is 0 Å². The molecule has 0 atom stereocenters. The van der Waals surface area contributed by atoms with Crippen molar-refractivity contribution in [1.29, 1.82) is 0 Å². The molecule has 9 aromatic carbocycles. The van der Waals surface area contributed by atoms with E-state index in [1.54, 1.807) is 0 Å². The van der Waals surface area contributed by atoms with E-state index in [-0.39, 0.29) is 0 Å². The molecule has 4 aromatic heterocycles. The Labute approximate surface area is 348 Å². The highest BCUT2D eigenvalue weighted by molar-refractivity contribution is 6.11. The maximum atomic E-state index is 6.51. The summed E-state index contributed by atoms with van der Waals surface area (Å²) in [6.45, 7) is 0. The summed E-state index contributed by atoms with van der Waals surface area (Å²) in [4.78, 5) is 15.6. The average Bonchev–Trinajstić information content (AvgIpc) is 4.00. The number of rotatable bonds is 5. The minimum absolute atomic E-state index is 0.526. The molecule has 0 aliphatic heterocycles. The Hall–Kier alpha value is -8.35. The highest BCUT2D eigenvalue weighted by Gasteiger charge is 2.20. The van der Waals surface area contributed by atoms with Gasteiger partial charge in [-0.05, 0) is 88.6 Å². The van der Waals surface area contributed by atoms with Crippen LogP contribution in [0.3, 0.4) is 0 Å². The van der Waals surface area contributed by atoms with E-state index in [4.69, 9.17) is 23.8 Å². The number of fused-ring (bicyclic) bond motifs is 10. The van der Waals surface area contributed by atoms with Gasteiger partial charge in [-0.2, -0.15) is 0 Å². The molecule has 0 saturated carbocycles. The van der Waals surface area contributed by atoms with Crippen molar-refractivity contribution >= 4 is 76.5 Å². The number of furan rings is 2. The summed E-state index contributed by atoms with van der Waals surface area (Å²) >= 11 is 0. The Morgan fingerprint density at radius 1 is 0.328 bits per heavy atom. The second-order valence-electron chi connectivity index (χ2n) is 15.6. The predicted molar refractivity (Wildman–Crippen MR) is 248 cm³/mol. The van der Waals surface area contributed by atoms with Crippen LogP contribution in [0.4, 0.5) is 0 Å². The van der Waals surface area contributed by atoms with Crippen molar-refractivity contribution in [3.8, 4) is 51.0 Å². The Bertz CT molecular complexity index is 3910. The molecule has 0 amide bonds. The first-order chi connectivity index (χ1) is 30.2. The molecule has 0 saturated heterocycles. The van der Waals surface area contributed by atoms with Crippen molar-refractivity contribution in [2.75, 3.05) is 0 Å². The van der Waals surface area contributed by atoms with Crippen LogP contribution in [-0.2, 0) is 0 Å². The zero-order valence-electron chi connectivity index (χ0n) is 32.6. The normalized spacial score (nSPS) is 11.9. The van der Waals surface area contributed by atoms with Crippen LogP contribution in [0, 0.1) is 0 Å². The van der Waals surface area contributed by atoms with Crippen LogP contribution in [0.25, 0.3) is 127 Å². The Kier molecular flexibility index (Phi) is 7.21. The molecule has 0 unspecified atom stereocenters. The summed E-state index contributed by atoms with van der Waals surface area (Å²) in [7, 11) is 0. The number of aromatic nitrogens is 4. The second kappa shape index (κ2) is 13.1. The lowest BCUT2D eigenvalue weighted by atomic mass is 9.99. The van der Waals surface area contributed by atoms with Gasteiger partial charge in [-0.15, -0.1) is 0 Å². The van der Waals surface area contributed by atoms with E-state index < -0.39 is 0 Å². The average molecular weight is 781 g/mol. The van der Waals surface area contributed by atoms with E-state index in [0.29, 0.717) is 17.5 Å². The third-order valence-electron chi connectivity index (χ3n) is 12.0. The molecule has 0 aliphatic carbocycles. The van der Waals surface area contributed by atoms with Gasteiger partial charge in [-0.25, -0.2) is 15.0 Å². The lowest BCUT2D eigenvalue weighted by molar-refractivity contribution is 0.668. The molecule has 0 bridgehead atoms. The van der Waals surface area contributed by atoms with Crippen LogP contribution in [0.5, 0.6) is 0 Å². The lowest BCUT2D eigenvalue weighted by Gasteiger charge is -2.12. The summed E-state index contributed by atoms with van der Waals surface area (Å²) in [6.07, 6.45) is 0. The Balaban J connectivity index is 0.990. The van der Waals surface area contributed by atoms with Gasteiger partial charge in [-0.1, -0.05) is 127 Å². The fraction of sp³-hybridized carbons (Fsp3) is 0. The molecule has 284 valence electrons. The summed E-state index contributed by atoms with van der Waals surface area (Å²) in [5.41, 5.74) is 11.3. The van der Waals surface area contributed by atoms with Crippen molar-refractivity contribution in [3.05, 3.63) is 194 Å². The molecule has 0 N–H and O–H groups in total. The van der Waals surface area contributed by atoms with Gasteiger partial charge < -0.3 is 13.4 Å². The molecule has 0 radical (unpaired) electrons. The van der Waals surface area contributed by atoms with Gasteiger partial charge in [0.25, 0.3) is 0 Å². The maximum Gasteiger partial charge on any atom is 0.167 e. The van der Waals surface area contributed by atoms with Crippen LogP contribution in [0.1, 0.15) is 0 Å². The van der Waals surface area contributed by atoms with E-state index >= 15 is 0 Å². The van der Waals surface area contributed by atoms with Crippen molar-refractivity contribution in [2.24, 2.45) is 0 Å². The van der Waals surface area contributed by atoms with E-state index in [0.717, 1.165) is 77.3 Å². The minimum Gasteiger partial charge on any atom is -0.456 e. The molecule has 6 heteroatoms. The maximum absolute atomic E-state index is 6.51. The Morgan fingerprint density at radius 3 is 1.80 bits per heavy atom. The zero-order chi connectivity index (χ0) is 40.0. The molecule has 4 heterocycles. The highest BCUT2D eigenvalue weighted by atomic mass is 16.3. The number of benzene rings is 9. The molecule has 13 aromatic rings. The SMILES string of the molecule is c1cc(-c2nc(-c3ccc4c(c3)oc3ccccc34)nc(-c3cccc4c3oc3ccccc34)n2)cc(-n2c3ccccc3c3cc(-c4ccc5ccccc5c4)ccc32)c1. The Morgan fingerprint density at radius 2 is 0.934 bits per heavy atom. The topological polar surface area (TPSA) is 69.9 Å². The molecule has 0 fully saturated rings. The van der Waals surface area contributed by atoms with Gasteiger partial charge in [0.15, 0.2) is 17.5 Å². The van der Waals surface area contributed by atoms with Crippen molar-refractivity contribution in [3.63, 3.8) is 0 Å². The highest BCUT2D eigenvalue weighted by Crippen LogP contribution is 2.39. The number of nitrogens with zero attached hydrogens (tertiary/aromatic N) is 4. The zero-order valence-corrected chi connectivity index (χ0v) is 32.6. The standard InChI is InChI=1S/C55H32N4O2/c1-2-12-34-29-35(24-23-33(34)11-1)36-26-28-48-46(31-36)40-15-3-6-20-47(40)59(48)39-14-9-13-37(30-39)53-56-54(38-25-27-43-41-16-4-7-21-49(41)60-51(43)32-38)58-55(57-53)45-19-10-18-44-42-17-5-8-22-50(42)61-52(44)45/h1-32H. The number of hydrogen-bond donors (Lipinski definition) is 0. The second-order valence-corrected chi connectivity index (χ2v) is 15.6. The van der Waals surface area contributed by atoms with Gasteiger partial charge >= 0.3 is 0 Å². The van der Waals surface area contributed by atoms with Gasteiger partial charge in [0, 0.05) is 49.1 Å². The molecule has 0 spiro atoms. The van der Waals surface area contributed by atoms with Crippen molar-refractivity contribution < 1.29 is 8.83 Å². The minimum atomic E-state index is 0.526. The molecule has 6 nitrogen and oxygen atoms in total. The number of para-hydroxylation sites is 4. The fourth-order valence-corrected chi connectivity index (χ4v) is 9.13. The van der Waals surface area contributed by atoms with E-state index in [1.807, 2.05) is 54.6 Å². The number of hydrogen-bond acceptors (Lipinski definition) is 5. The summed E-state index contributed by atoms with van der Waals surface area (Å²) < 4.78 is 15.2. The third kappa shape index (κ3) is 5.32. The monoisotopic (exact) mass is 780 g/mol. The smallest absolute Gasteiger partial charge is 0.167 e. The largest absolute Gasteiger partial charge is 0.456 e. The summed E-state index contributed by atoms with van der Waals surface area (Å²) in [6, 6.07) is 67.7. The predicted octanol–water partition coefficient (Wildman–Crippen LogP) is 14.6. The van der Waals surface area contributed by atoms with E-state index in [9.17, 15) is 0 Å². The van der Waals surface area contributed by atoms with E-state index in [2.05, 4.69) is 144 Å². The fourth-order valence-electron chi connectivity index (χ4n) is 9.13. The first kappa shape index (κ1) is 33.6. The van der Waals surface area contributed by atoms with Crippen LogP contribution in [0.2, 0.25) is 0 Å². The first-order valence-electron chi connectivity index (χ1n) is 20.4. The van der Waals surface area contributed by atoms with Crippen LogP contribution >= 0.6 is 0 Å². The molecule has 0 aliphatic rings. The molecular weight excluding hydrogens is 749 g/mol. The molecule has 13 rings (SSSR count). The molecular formula is C55H32N4O2. The van der Waals surface area contributed by atoms with Gasteiger partial charge in [0.1, 0.15) is 22.3 Å². The van der Waals surface area contributed by atoms with Crippen LogP contribution in [-0.4, -0.2) is 19.5 Å². The summed E-state index contributed by atoms with van der Waals surface area (Å²) in [5.74, 6) is 1.62. The lowest BCUT2D eigenvalue weighted by Crippen LogP contribution is -2.01.